The van der Waals surface area contributed by atoms with Crippen molar-refractivity contribution in [2.45, 2.75) is 70.6 Å². The predicted octanol–water partition coefficient (Wildman–Crippen LogP) is 6.10. The molecule has 2 heterocycles. The summed E-state index contributed by atoms with van der Waals surface area (Å²) < 4.78 is 1.77. The number of amides is 1. The van der Waals surface area contributed by atoms with Crippen LogP contribution in [0.15, 0.2) is 48.5 Å². The summed E-state index contributed by atoms with van der Waals surface area (Å²) in [5.74, 6) is 0.555. The molecule has 1 N–H and O–H groups in total. The molecule has 5 heteroatoms. The van der Waals surface area contributed by atoms with Crippen molar-refractivity contribution in [2.24, 2.45) is 0 Å². The van der Waals surface area contributed by atoms with E-state index in [0.29, 0.717) is 17.3 Å². The van der Waals surface area contributed by atoms with Gasteiger partial charge < -0.3 is 5.32 Å². The van der Waals surface area contributed by atoms with Gasteiger partial charge in [-0.1, -0.05) is 62.6 Å². The van der Waals surface area contributed by atoms with Gasteiger partial charge in [0.1, 0.15) is 5.82 Å². The molecular weight excluding hydrogens is 410 g/mol. The first kappa shape index (κ1) is 21.6. The van der Waals surface area contributed by atoms with Crippen molar-refractivity contribution in [3.8, 4) is 5.69 Å². The molecule has 2 aromatic carbocycles. The van der Waals surface area contributed by atoms with Crippen molar-refractivity contribution < 1.29 is 9.59 Å². The van der Waals surface area contributed by atoms with Crippen LogP contribution in [0.3, 0.4) is 0 Å². The molecule has 33 heavy (non-hydrogen) atoms. The van der Waals surface area contributed by atoms with Gasteiger partial charge in [0.25, 0.3) is 0 Å². The summed E-state index contributed by atoms with van der Waals surface area (Å²) in [6, 6.07) is 16.2. The third kappa shape index (κ3) is 4.12. The van der Waals surface area contributed by atoms with E-state index in [1.807, 2.05) is 31.2 Å². The Morgan fingerprint density at radius 2 is 1.85 bits per heavy atom. The fourth-order valence-corrected chi connectivity index (χ4v) is 5.42. The number of hydrogen-bond donors (Lipinski definition) is 1. The molecular formula is C28H31N3O2. The summed E-state index contributed by atoms with van der Waals surface area (Å²) in [5.41, 5.74) is 5.70. The fraction of sp³-hybridized carbons (Fsp3) is 0.393. The number of ketones is 1. The number of fused-ring (bicyclic) bond motifs is 1. The second-order valence-electron chi connectivity index (χ2n) is 9.41. The highest BCUT2D eigenvalue weighted by molar-refractivity contribution is 6.08. The van der Waals surface area contributed by atoms with Crippen LogP contribution in [-0.2, 0) is 11.2 Å². The Bertz CT molecular complexity index is 1190. The van der Waals surface area contributed by atoms with Crippen molar-refractivity contribution in [3.05, 3.63) is 76.5 Å². The Kier molecular flexibility index (Phi) is 5.88. The van der Waals surface area contributed by atoms with E-state index in [-0.39, 0.29) is 18.1 Å². The largest absolute Gasteiger partial charge is 0.310 e. The Hall–Kier alpha value is -3.21. The van der Waals surface area contributed by atoms with Crippen LogP contribution in [-0.4, -0.2) is 21.5 Å². The molecule has 1 atom stereocenters. The summed E-state index contributed by atoms with van der Waals surface area (Å²) in [5, 5.41) is 7.71. The van der Waals surface area contributed by atoms with Crippen LogP contribution in [0.4, 0.5) is 5.82 Å². The summed E-state index contributed by atoms with van der Waals surface area (Å²) >= 11 is 0. The summed E-state index contributed by atoms with van der Waals surface area (Å²) in [7, 11) is 0. The number of nitrogens with zero attached hydrogens (tertiary/aromatic N) is 2. The number of rotatable bonds is 5. The maximum Gasteiger partial charge on any atom is 0.226 e. The quantitative estimate of drug-likeness (QED) is 0.487. The SMILES string of the molecule is CCc1cccc(-n2nc(C)c3c2NC(=O)CC3C(=O)c2ccc(C3CCCCC3)cc2)c1. The van der Waals surface area contributed by atoms with E-state index in [9.17, 15) is 9.59 Å². The number of aromatic nitrogens is 2. The Labute approximate surface area is 195 Å². The zero-order valence-electron chi connectivity index (χ0n) is 19.4. The molecule has 0 radical (unpaired) electrons. The monoisotopic (exact) mass is 441 g/mol. The number of Topliss-reactive ketones (excluding diaryl/α,β-unsaturated/α-hetero) is 1. The van der Waals surface area contributed by atoms with Crippen molar-refractivity contribution in [1.82, 2.24) is 9.78 Å². The molecule has 1 aliphatic carbocycles. The minimum Gasteiger partial charge on any atom is -0.310 e. The number of carbonyl (C=O) groups excluding carboxylic acids is 2. The lowest BCUT2D eigenvalue weighted by atomic mass is 9.82. The maximum atomic E-state index is 13.6. The Balaban J connectivity index is 1.47. The smallest absolute Gasteiger partial charge is 0.226 e. The van der Waals surface area contributed by atoms with E-state index in [1.165, 1.54) is 43.2 Å². The second-order valence-corrected chi connectivity index (χ2v) is 9.41. The molecule has 0 saturated heterocycles. The van der Waals surface area contributed by atoms with Crippen LogP contribution < -0.4 is 5.32 Å². The van der Waals surface area contributed by atoms with Crippen LogP contribution in [0.25, 0.3) is 5.69 Å². The number of nitrogens with one attached hydrogen (secondary N) is 1. The topological polar surface area (TPSA) is 64.0 Å². The van der Waals surface area contributed by atoms with Crippen molar-refractivity contribution in [2.75, 3.05) is 5.32 Å². The maximum absolute atomic E-state index is 13.6. The summed E-state index contributed by atoms with van der Waals surface area (Å²) in [4.78, 5) is 26.2. The van der Waals surface area contributed by atoms with Gasteiger partial charge in [-0.3, -0.25) is 9.59 Å². The standard InChI is InChI=1S/C28H31N3O2/c1-3-19-8-7-11-23(16-19)31-28-26(18(2)30-31)24(17-25(32)29-28)27(33)22-14-12-21(13-15-22)20-9-5-4-6-10-20/h7-8,11-16,20,24H,3-6,9-10,17H2,1-2H3,(H,29,32). The van der Waals surface area contributed by atoms with Crippen molar-refractivity contribution in [1.29, 1.82) is 0 Å². The minimum atomic E-state index is -0.516. The first-order valence-corrected chi connectivity index (χ1v) is 12.2. The van der Waals surface area contributed by atoms with Crippen molar-refractivity contribution >= 4 is 17.5 Å². The highest BCUT2D eigenvalue weighted by Crippen LogP contribution is 2.39. The highest BCUT2D eigenvalue weighted by Gasteiger charge is 2.36. The van der Waals surface area contributed by atoms with Gasteiger partial charge >= 0.3 is 0 Å². The molecule has 1 unspecified atom stereocenters. The van der Waals surface area contributed by atoms with Crippen LogP contribution in [0.5, 0.6) is 0 Å². The normalized spacial score (nSPS) is 18.6. The van der Waals surface area contributed by atoms with E-state index >= 15 is 0 Å². The van der Waals surface area contributed by atoms with Gasteiger partial charge in [0.05, 0.1) is 17.3 Å². The lowest BCUT2D eigenvalue weighted by Crippen LogP contribution is -2.28. The number of benzene rings is 2. The van der Waals surface area contributed by atoms with Gasteiger partial charge in [0, 0.05) is 17.5 Å². The number of carbonyl (C=O) groups is 2. The molecule has 3 aromatic rings. The Morgan fingerprint density at radius 1 is 1.09 bits per heavy atom. The number of aryl methyl sites for hydroxylation is 2. The summed E-state index contributed by atoms with van der Waals surface area (Å²) in [6.45, 7) is 4.03. The van der Waals surface area contributed by atoms with Gasteiger partial charge in [-0.25, -0.2) is 4.68 Å². The van der Waals surface area contributed by atoms with Gasteiger partial charge in [-0.15, -0.1) is 0 Å². The van der Waals surface area contributed by atoms with E-state index < -0.39 is 5.92 Å². The first-order valence-electron chi connectivity index (χ1n) is 12.2. The van der Waals surface area contributed by atoms with E-state index in [4.69, 9.17) is 5.10 Å². The van der Waals surface area contributed by atoms with Crippen LogP contribution in [0.1, 0.15) is 90.0 Å². The molecule has 1 aliphatic heterocycles. The second kappa shape index (κ2) is 8.97. The molecule has 2 aliphatic rings. The van der Waals surface area contributed by atoms with Gasteiger partial charge in [-0.2, -0.15) is 5.10 Å². The van der Waals surface area contributed by atoms with Gasteiger partial charge in [0.15, 0.2) is 5.78 Å². The van der Waals surface area contributed by atoms with E-state index in [1.54, 1.807) is 4.68 Å². The number of hydrogen-bond acceptors (Lipinski definition) is 3. The molecule has 1 fully saturated rings. The molecule has 1 aromatic heterocycles. The van der Waals surface area contributed by atoms with Gasteiger partial charge in [0.2, 0.25) is 5.91 Å². The molecule has 0 bridgehead atoms. The predicted molar refractivity (Wildman–Crippen MR) is 130 cm³/mol. The minimum absolute atomic E-state index is 0.00810. The third-order valence-electron chi connectivity index (χ3n) is 7.25. The van der Waals surface area contributed by atoms with Crippen LogP contribution >= 0.6 is 0 Å². The molecule has 0 spiro atoms. The number of anilines is 1. The van der Waals surface area contributed by atoms with Crippen LogP contribution in [0, 0.1) is 6.92 Å². The van der Waals surface area contributed by atoms with Crippen molar-refractivity contribution in [3.63, 3.8) is 0 Å². The zero-order valence-corrected chi connectivity index (χ0v) is 19.4. The molecule has 5 nitrogen and oxygen atoms in total. The lowest BCUT2D eigenvalue weighted by Gasteiger charge is -2.24. The lowest BCUT2D eigenvalue weighted by molar-refractivity contribution is -0.116. The molecule has 1 amide bonds. The average Bonchev–Trinajstić information content (AvgIpc) is 3.19. The van der Waals surface area contributed by atoms with Gasteiger partial charge in [-0.05, 0) is 55.4 Å². The molecule has 170 valence electrons. The Morgan fingerprint density at radius 3 is 2.58 bits per heavy atom. The molecule has 5 rings (SSSR count). The van der Waals surface area contributed by atoms with E-state index in [0.717, 1.165) is 23.4 Å². The molecule has 1 saturated carbocycles. The summed E-state index contributed by atoms with van der Waals surface area (Å²) in [6.07, 6.45) is 7.44. The first-order chi connectivity index (χ1) is 16.0. The zero-order chi connectivity index (χ0) is 22.9. The van der Waals surface area contributed by atoms with Crippen LogP contribution in [0.2, 0.25) is 0 Å². The average molecular weight is 442 g/mol. The highest BCUT2D eigenvalue weighted by atomic mass is 16.2. The van der Waals surface area contributed by atoms with E-state index in [2.05, 4.69) is 36.5 Å². The fourth-order valence-electron chi connectivity index (χ4n) is 5.42. The third-order valence-corrected chi connectivity index (χ3v) is 7.25.